The second kappa shape index (κ2) is 8.73. The van der Waals surface area contributed by atoms with Crippen LogP contribution in [0.4, 0.5) is 17.5 Å². The summed E-state index contributed by atoms with van der Waals surface area (Å²) in [5, 5.41) is 34.6. The third-order valence-corrected chi connectivity index (χ3v) is 5.67. The van der Waals surface area contributed by atoms with E-state index in [2.05, 4.69) is 30.8 Å². The molecule has 0 fully saturated rings. The Morgan fingerprint density at radius 1 is 1.15 bits per heavy atom. The Morgan fingerprint density at radius 3 is 2.71 bits per heavy atom. The molecule has 0 radical (unpaired) electrons. The van der Waals surface area contributed by atoms with Crippen LogP contribution in [0.3, 0.4) is 0 Å². The SMILES string of the molecule is CC1(C)Oc2cc(Nc3ncc(-c4nnco4)c(N[C@H](CO)c4ccccc4)n3)ccc2C1O. The molecule has 0 bridgehead atoms. The van der Waals surface area contributed by atoms with E-state index in [0.29, 0.717) is 28.8 Å². The summed E-state index contributed by atoms with van der Waals surface area (Å²) >= 11 is 0. The number of nitrogens with zero attached hydrogens (tertiary/aromatic N) is 4. The maximum Gasteiger partial charge on any atom is 0.252 e. The number of aliphatic hydroxyl groups is 2. The van der Waals surface area contributed by atoms with E-state index >= 15 is 0 Å². The first-order valence-electron chi connectivity index (χ1n) is 10.8. The lowest BCUT2D eigenvalue weighted by molar-refractivity contribution is 0.000567. The van der Waals surface area contributed by atoms with E-state index in [1.807, 2.05) is 56.3 Å². The lowest BCUT2D eigenvalue weighted by Gasteiger charge is -2.21. The van der Waals surface area contributed by atoms with E-state index in [1.54, 1.807) is 12.3 Å². The number of ether oxygens (including phenoxy) is 1. The van der Waals surface area contributed by atoms with Crippen LogP contribution in [0, 0.1) is 0 Å². The molecule has 0 amide bonds. The molecule has 10 heteroatoms. The molecule has 0 saturated carbocycles. The summed E-state index contributed by atoms with van der Waals surface area (Å²) in [4.78, 5) is 9.00. The maximum atomic E-state index is 10.4. The molecule has 1 aliphatic heterocycles. The smallest absolute Gasteiger partial charge is 0.252 e. The van der Waals surface area contributed by atoms with Crippen LogP contribution in [-0.2, 0) is 0 Å². The largest absolute Gasteiger partial charge is 0.484 e. The van der Waals surface area contributed by atoms with Gasteiger partial charge in [0, 0.05) is 23.5 Å². The zero-order valence-electron chi connectivity index (χ0n) is 18.6. The van der Waals surface area contributed by atoms with Crippen molar-refractivity contribution in [3.8, 4) is 17.2 Å². The third-order valence-electron chi connectivity index (χ3n) is 5.67. The molecule has 2 aromatic carbocycles. The highest BCUT2D eigenvalue weighted by Gasteiger charge is 2.39. The lowest BCUT2D eigenvalue weighted by atomic mass is 9.98. The average molecular weight is 460 g/mol. The molecule has 2 aromatic heterocycles. The second-order valence-corrected chi connectivity index (χ2v) is 8.48. The van der Waals surface area contributed by atoms with E-state index in [4.69, 9.17) is 9.15 Å². The first kappa shape index (κ1) is 21.8. The Labute approximate surface area is 195 Å². The van der Waals surface area contributed by atoms with Crippen LogP contribution >= 0.6 is 0 Å². The molecule has 5 rings (SSSR count). The summed E-state index contributed by atoms with van der Waals surface area (Å²) < 4.78 is 11.2. The number of aromatic nitrogens is 4. The molecule has 0 saturated heterocycles. The van der Waals surface area contributed by atoms with Gasteiger partial charge < -0.3 is 30.0 Å². The van der Waals surface area contributed by atoms with Gasteiger partial charge in [-0.05, 0) is 25.5 Å². The van der Waals surface area contributed by atoms with Gasteiger partial charge in [0.25, 0.3) is 5.89 Å². The zero-order valence-corrected chi connectivity index (χ0v) is 18.6. The Hall–Kier alpha value is -4.02. The fourth-order valence-electron chi connectivity index (χ4n) is 3.85. The van der Waals surface area contributed by atoms with Crippen LogP contribution in [0.15, 0.2) is 65.5 Å². The van der Waals surface area contributed by atoms with E-state index < -0.39 is 17.7 Å². The van der Waals surface area contributed by atoms with Crippen molar-refractivity contribution in [2.45, 2.75) is 31.6 Å². The van der Waals surface area contributed by atoms with Crippen LogP contribution < -0.4 is 15.4 Å². The summed E-state index contributed by atoms with van der Waals surface area (Å²) in [6.07, 6.45) is 2.10. The first-order valence-corrected chi connectivity index (χ1v) is 10.8. The molecule has 34 heavy (non-hydrogen) atoms. The molecule has 0 aliphatic carbocycles. The molecule has 2 atom stereocenters. The molecule has 4 N–H and O–H groups in total. The number of hydrogen-bond acceptors (Lipinski definition) is 10. The van der Waals surface area contributed by atoms with Crippen molar-refractivity contribution in [3.05, 3.63) is 72.2 Å². The summed E-state index contributed by atoms with van der Waals surface area (Å²) in [5.74, 6) is 1.58. The van der Waals surface area contributed by atoms with E-state index in [0.717, 1.165) is 11.1 Å². The van der Waals surface area contributed by atoms with Crippen LogP contribution in [0.2, 0.25) is 0 Å². The van der Waals surface area contributed by atoms with Crippen molar-refractivity contribution in [3.63, 3.8) is 0 Å². The van der Waals surface area contributed by atoms with Crippen molar-refractivity contribution < 1.29 is 19.4 Å². The molecule has 4 aromatic rings. The zero-order chi connectivity index (χ0) is 23.7. The highest BCUT2D eigenvalue weighted by Crippen LogP contribution is 2.44. The third kappa shape index (κ3) is 4.16. The molecule has 1 unspecified atom stereocenters. The van der Waals surface area contributed by atoms with Crippen molar-refractivity contribution in [2.75, 3.05) is 17.2 Å². The molecular weight excluding hydrogens is 436 g/mol. The molecule has 174 valence electrons. The average Bonchev–Trinajstić information content (AvgIpc) is 3.44. The highest BCUT2D eigenvalue weighted by atomic mass is 16.5. The molecular formula is C24H24N6O4. The Morgan fingerprint density at radius 2 is 1.97 bits per heavy atom. The number of rotatable bonds is 7. The van der Waals surface area contributed by atoms with Crippen molar-refractivity contribution in [1.29, 1.82) is 0 Å². The maximum absolute atomic E-state index is 10.4. The van der Waals surface area contributed by atoms with E-state index in [-0.39, 0.29) is 12.5 Å². The number of aliphatic hydroxyl groups excluding tert-OH is 2. The van der Waals surface area contributed by atoms with Crippen LogP contribution in [-0.4, -0.2) is 42.6 Å². The number of benzene rings is 2. The number of fused-ring (bicyclic) bond motifs is 1. The van der Waals surface area contributed by atoms with Gasteiger partial charge in [-0.3, -0.25) is 0 Å². The summed E-state index contributed by atoms with van der Waals surface area (Å²) in [5.41, 5.74) is 2.13. The van der Waals surface area contributed by atoms with Crippen LogP contribution in [0.25, 0.3) is 11.5 Å². The molecule has 10 nitrogen and oxygen atoms in total. The topological polar surface area (TPSA) is 138 Å². The van der Waals surface area contributed by atoms with Crippen molar-refractivity contribution in [2.24, 2.45) is 0 Å². The molecule has 3 heterocycles. The fourth-order valence-corrected chi connectivity index (χ4v) is 3.85. The van der Waals surface area contributed by atoms with Gasteiger partial charge in [-0.1, -0.05) is 36.4 Å². The number of anilines is 3. The predicted molar refractivity (Wildman–Crippen MR) is 125 cm³/mol. The van der Waals surface area contributed by atoms with Gasteiger partial charge in [-0.25, -0.2) is 4.98 Å². The predicted octanol–water partition coefficient (Wildman–Crippen LogP) is 3.62. The monoisotopic (exact) mass is 460 g/mol. The molecule has 1 aliphatic rings. The Kier molecular flexibility index (Phi) is 5.60. The van der Waals surface area contributed by atoms with Gasteiger partial charge in [0.15, 0.2) is 0 Å². The van der Waals surface area contributed by atoms with Gasteiger partial charge in [-0.15, -0.1) is 10.2 Å². The summed E-state index contributed by atoms with van der Waals surface area (Å²) in [6.45, 7) is 3.53. The van der Waals surface area contributed by atoms with Gasteiger partial charge in [0.2, 0.25) is 12.3 Å². The van der Waals surface area contributed by atoms with Crippen LogP contribution in [0.1, 0.15) is 37.1 Å². The standard InChI is InChI=1S/C24H24N6O4/c1-24(2)20(32)16-9-8-15(10-19(16)34-24)27-23-25-11-17(22-30-26-13-33-22)21(29-23)28-18(12-31)14-6-4-3-5-7-14/h3-11,13,18,20,31-32H,12H2,1-2H3,(H2,25,27,28,29)/t18-,20?/m1/s1. The second-order valence-electron chi connectivity index (χ2n) is 8.48. The van der Waals surface area contributed by atoms with Gasteiger partial charge in [0.05, 0.1) is 18.2 Å². The minimum atomic E-state index is -0.703. The number of nitrogens with one attached hydrogen (secondary N) is 2. The summed E-state index contributed by atoms with van der Waals surface area (Å²) in [6, 6.07) is 14.6. The molecule has 0 spiro atoms. The minimum absolute atomic E-state index is 0.152. The summed E-state index contributed by atoms with van der Waals surface area (Å²) in [7, 11) is 0. The first-order chi connectivity index (χ1) is 16.4. The highest BCUT2D eigenvalue weighted by molar-refractivity contribution is 5.70. The van der Waals surface area contributed by atoms with Crippen LogP contribution in [0.5, 0.6) is 5.75 Å². The van der Waals surface area contributed by atoms with Gasteiger partial charge in [-0.2, -0.15) is 4.98 Å². The fraction of sp³-hybridized carbons (Fsp3) is 0.250. The minimum Gasteiger partial charge on any atom is -0.484 e. The van der Waals surface area contributed by atoms with Gasteiger partial charge >= 0.3 is 0 Å². The Bertz CT molecular complexity index is 1280. The van der Waals surface area contributed by atoms with E-state index in [9.17, 15) is 10.2 Å². The quantitative estimate of drug-likeness (QED) is 0.323. The normalized spacial score (nSPS) is 17.0. The van der Waals surface area contributed by atoms with Gasteiger partial charge in [0.1, 0.15) is 23.3 Å². The van der Waals surface area contributed by atoms with E-state index in [1.165, 1.54) is 6.39 Å². The number of hydrogen-bond donors (Lipinski definition) is 4. The van der Waals surface area contributed by atoms with Crippen molar-refractivity contribution in [1.82, 2.24) is 20.2 Å². The lowest BCUT2D eigenvalue weighted by Crippen LogP contribution is -2.29. The Balaban J connectivity index is 1.46. The van der Waals surface area contributed by atoms with Crippen molar-refractivity contribution >= 4 is 17.5 Å².